The van der Waals surface area contributed by atoms with Crippen LogP contribution >= 0.6 is 0 Å². The molecule has 0 aliphatic heterocycles. The van der Waals surface area contributed by atoms with E-state index < -0.39 is 16.6 Å². The number of rotatable bonds is 15. The molecule has 0 bridgehead atoms. The number of unbranched alkanes of at least 4 members (excludes halogenated alkanes) is 4. The quantitative estimate of drug-likeness (QED) is 0.0643. The van der Waals surface area contributed by atoms with Crippen LogP contribution in [0.4, 0.5) is 0 Å². The molecule has 0 saturated carbocycles. The lowest BCUT2D eigenvalue weighted by Crippen LogP contribution is -2.43. The van der Waals surface area contributed by atoms with Crippen molar-refractivity contribution in [3.8, 4) is 23.7 Å². The third-order valence-corrected chi connectivity index (χ3v) is 16.8. The van der Waals surface area contributed by atoms with Crippen LogP contribution in [0.15, 0.2) is 24.3 Å². The number of hydrogen-bond donors (Lipinski definition) is 0. The molecular formula is C33H58O4Si2. The van der Waals surface area contributed by atoms with Gasteiger partial charge in [-0.3, -0.25) is 4.79 Å². The van der Waals surface area contributed by atoms with E-state index in [2.05, 4.69) is 114 Å². The Kier molecular flexibility index (Phi) is 18.0. The molecule has 0 heterocycles. The zero-order valence-electron chi connectivity index (χ0n) is 27.1. The summed E-state index contributed by atoms with van der Waals surface area (Å²) in [4.78, 5) is 11.1. The van der Waals surface area contributed by atoms with Crippen LogP contribution in [0, 0.1) is 23.7 Å². The average Bonchev–Trinajstić information content (AvgIpc) is 2.81. The maximum absolute atomic E-state index is 11.1. The van der Waals surface area contributed by atoms with E-state index in [1.807, 2.05) is 6.08 Å². The zero-order valence-corrected chi connectivity index (χ0v) is 29.1. The van der Waals surface area contributed by atoms with Crippen molar-refractivity contribution in [2.24, 2.45) is 0 Å². The number of carbonyl (C=O) groups is 1. The van der Waals surface area contributed by atoms with Crippen molar-refractivity contribution >= 4 is 22.6 Å². The minimum Gasteiger partial charge on any atom is -0.469 e. The number of allylic oxidation sites excluding steroid dienone is 2. The zero-order chi connectivity index (χ0) is 30.0. The predicted molar refractivity (Wildman–Crippen MR) is 173 cm³/mol. The highest BCUT2D eigenvalue weighted by Crippen LogP contribution is 2.38. The molecule has 39 heavy (non-hydrogen) atoms. The molecule has 0 unspecified atom stereocenters. The first-order valence-corrected chi connectivity index (χ1v) is 20.5. The standard InChI is InChI=1S/C33H58O4Si2/c1-32(2,3)38(8,9)36-29-25-21-17-16-19-23-27-30(37-39(10,11)33(4,5)6)26-22-18-14-12-13-15-20-24-28-31(34)35-7/h19,22-23,26,30H,12,16-17,20-21,24-25,27-29H2,1-11H3/b23-19-,26-22+/t30-/m1/s1. The normalized spacial score (nSPS) is 13.6. The summed E-state index contributed by atoms with van der Waals surface area (Å²) in [5.41, 5.74) is 0. The number of hydrogen-bond acceptors (Lipinski definition) is 4. The SMILES string of the molecule is COC(=O)CCCC#CCC#C/C=C/[C@H](C/C=C\CCCCCO[Si](C)(C)C(C)(C)C)O[Si](C)(C)C(C)(C)C. The fourth-order valence-corrected chi connectivity index (χ4v) is 5.41. The van der Waals surface area contributed by atoms with E-state index in [1.54, 1.807) is 0 Å². The first-order valence-electron chi connectivity index (χ1n) is 14.7. The van der Waals surface area contributed by atoms with E-state index >= 15 is 0 Å². The second kappa shape index (κ2) is 18.7. The van der Waals surface area contributed by atoms with E-state index in [-0.39, 0.29) is 22.1 Å². The first kappa shape index (κ1) is 37.4. The molecule has 0 aromatic heterocycles. The Hall–Kier alpha value is -1.58. The lowest BCUT2D eigenvalue weighted by atomic mass is 10.1. The summed E-state index contributed by atoms with van der Waals surface area (Å²) >= 11 is 0. The van der Waals surface area contributed by atoms with E-state index in [0.717, 1.165) is 32.3 Å². The van der Waals surface area contributed by atoms with Crippen molar-refractivity contribution in [2.75, 3.05) is 13.7 Å². The van der Waals surface area contributed by atoms with Crippen LogP contribution in [0.5, 0.6) is 0 Å². The third-order valence-electron chi connectivity index (χ3n) is 7.78. The highest BCUT2D eigenvalue weighted by atomic mass is 28.4. The summed E-state index contributed by atoms with van der Waals surface area (Å²) in [6.45, 7) is 23.8. The second-order valence-corrected chi connectivity index (χ2v) is 22.8. The fourth-order valence-electron chi connectivity index (χ4n) is 3.04. The second-order valence-electron chi connectivity index (χ2n) is 13.2. The maximum Gasteiger partial charge on any atom is 0.305 e. The highest BCUT2D eigenvalue weighted by molar-refractivity contribution is 6.74. The molecule has 0 aliphatic carbocycles. The van der Waals surface area contributed by atoms with Gasteiger partial charge in [-0.2, -0.15) is 0 Å². The monoisotopic (exact) mass is 574 g/mol. The molecule has 0 aliphatic rings. The van der Waals surface area contributed by atoms with Crippen LogP contribution in [-0.2, 0) is 18.4 Å². The Morgan fingerprint density at radius 2 is 1.51 bits per heavy atom. The van der Waals surface area contributed by atoms with Gasteiger partial charge in [0.25, 0.3) is 0 Å². The van der Waals surface area contributed by atoms with Gasteiger partial charge in [0.1, 0.15) is 0 Å². The van der Waals surface area contributed by atoms with Gasteiger partial charge in [0, 0.05) is 19.4 Å². The molecule has 222 valence electrons. The molecule has 0 saturated heterocycles. The van der Waals surface area contributed by atoms with Gasteiger partial charge >= 0.3 is 5.97 Å². The van der Waals surface area contributed by atoms with Gasteiger partial charge in [-0.15, -0.1) is 5.92 Å². The number of esters is 1. The van der Waals surface area contributed by atoms with Crippen LogP contribution < -0.4 is 0 Å². The van der Waals surface area contributed by atoms with Crippen LogP contribution in [0.2, 0.25) is 36.3 Å². The molecule has 0 aromatic rings. The van der Waals surface area contributed by atoms with Crippen LogP contribution in [0.3, 0.4) is 0 Å². The summed E-state index contributed by atoms with van der Waals surface area (Å²) in [5.74, 6) is 12.1. The van der Waals surface area contributed by atoms with Crippen LogP contribution in [-0.4, -0.2) is 42.4 Å². The highest BCUT2D eigenvalue weighted by Gasteiger charge is 2.38. The van der Waals surface area contributed by atoms with Gasteiger partial charge in [-0.05, 0) is 80.5 Å². The molecule has 0 radical (unpaired) electrons. The molecule has 0 aromatic carbocycles. The summed E-state index contributed by atoms with van der Waals surface area (Å²) in [5, 5.41) is 0.435. The van der Waals surface area contributed by atoms with Gasteiger partial charge in [-0.1, -0.05) is 77.9 Å². The average molecular weight is 575 g/mol. The van der Waals surface area contributed by atoms with Crippen molar-refractivity contribution in [2.45, 2.75) is 142 Å². The van der Waals surface area contributed by atoms with E-state index in [4.69, 9.17) is 8.85 Å². The lowest BCUT2D eigenvalue weighted by Gasteiger charge is -2.38. The maximum atomic E-state index is 11.1. The van der Waals surface area contributed by atoms with Crippen molar-refractivity contribution in [1.29, 1.82) is 0 Å². The minimum atomic E-state index is -1.89. The van der Waals surface area contributed by atoms with Gasteiger partial charge in [0.2, 0.25) is 0 Å². The molecule has 1 atom stereocenters. The Bertz CT molecular complexity index is 881. The Morgan fingerprint density at radius 1 is 0.846 bits per heavy atom. The summed E-state index contributed by atoms with van der Waals surface area (Å²) in [7, 11) is -2.11. The van der Waals surface area contributed by atoms with Crippen LogP contribution in [0.1, 0.15) is 99.3 Å². The molecule has 0 amide bonds. The largest absolute Gasteiger partial charge is 0.469 e. The van der Waals surface area contributed by atoms with Gasteiger partial charge in [0.05, 0.1) is 19.6 Å². The van der Waals surface area contributed by atoms with E-state index in [1.165, 1.54) is 20.0 Å². The number of methoxy groups -OCH3 is 1. The predicted octanol–water partition coefficient (Wildman–Crippen LogP) is 9.20. The third kappa shape index (κ3) is 17.7. The van der Waals surface area contributed by atoms with E-state index in [9.17, 15) is 4.79 Å². The fraction of sp³-hybridized carbons (Fsp3) is 0.727. The topological polar surface area (TPSA) is 44.8 Å². The smallest absolute Gasteiger partial charge is 0.305 e. The number of carbonyl (C=O) groups excluding carboxylic acids is 1. The Morgan fingerprint density at radius 3 is 2.13 bits per heavy atom. The number of ether oxygens (including phenoxy) is 1. The van der Waals surface area contributed by atoms with Gasteiger partial charge < -0.3 is 13.6 Å². The van der Waals surface area contributed by atoms with Crippen molar-refractivity contribution in [1.82, 2.24) is 0 Å². The summed E-state index contributed by atoms with van der Waals surface area (Å²) in [6.07, 6.45) is 16.4. The minimum absolute atomic E-state index is 0.0267. The van der Waals surface area contributed by atoms with Crippen LogP contribution in [0.25, 0.3) is 0 Å². The molecule has 6 heteroatoms. The van der Waals surface area contributed by atoms with Crippen molar-refractivity contribution in [3.05, 3.63) is 24.3 Å². The Balaban J connectivity index is 4.68. The molecular weight excluding hydrogens is 517 g/mol. The lowest BCUT2D eigenvalue weighted by molar-refractivity contribution is -0.140. The first-order chi connectivity index (χ1) is 18.0. The molecule has 0 rings (SSSR count). The summed E-state index contributed by atoms with van der Waals surface area (Å²) < 4.78 is 17.6. The molecule has 0 spiro atoms. The van der Waals surface area contributed by atoms with E-state index in [0.29, 0.717) is 19.3 Å². The van der Waals surface area contributed by atoms with Gasteiger partial charge in [0.15, 0.2) is 16.6 Å². The molecule has 0 N–H and O–H groups in total. The molecule has 0 fully saturated rings. The van der Waals surface area contributed by atoms with Gasteiger partial charge in [-0.25, -0.2) is 0 Å². The van der Waals surface area contributed by atoms with Crippen molar-refractivity contribution < 1.29 is 18.4 Å². The summed E-state index contributed by atoms with van der Waals surface area (Å²) in [6, 6.07) is 0. The Labute approximate surface area is 244 Å². The molecule has 4 nitrogen and oxygen atoms in total. The van der Waals surface area contributed by atoms with Crippen molar-refractivity contribution in [3.63, 3.8) is 0 Å².